The fraction of sp³-hybridized carbons (Fsp3) is 0.692. The standard InChI is InChI=1S/C13H19N3O/c1-16(8-11-14-6-7-15-11)13(17)12-9-4-2-3-5-10(9)12/h6-7,9-10,12H,2-5,8H2,1H3,(H,14,15). The van der Waals surface area contributed by atoms with Gasteiger partial charge in [0.25, 0.3) is 0 Å². The minimum absolute atomic E-state index is 0.317. The first-order valence-corrected chi connectivity index (χ1v) is 6.50. The Balaban J connectivity index is 1.59. The largest absolute Gasteiger partial charge is 0.347 e. The molecule has 1 aromatic heterocycles. The third kappa shape index (κ3) is 1.96. The number of nitrogens with one attached hydrogen (secondary N) is 1. The monoisotopic (exact) mass is 233 g/mol. The van der Waals surface area contributed by atoms with Crippen LogP contribution in [0.1, 0.15) is 31.5 Å². The molecule has 0 bridgehead atoms. The van der Waals surface area contributed by atoms with Crippen LogP contribution in [0.2, 0.25) is 0 Å². The summed E-state index contributed by atoms with van der Waals surface area (Å²) in [7, 11) is 1.88. The molecule has 1 N–H and O–H groups in total. The number of fused-ring (bicyclic) bond motifs is 1. The van der Waals surface area contributed by atoms with E-state index < -0.39 is 0 Å². The number of carbonyl (C=O) groups is 1. The predicted octanol–water partition coefficient (Wildman–Crippen LogP) is 1.80. The van der Waals surface area contributed by atoms with Crippen molar-refractivity contribution in [3.63, 3.8) is 0 Å². The Labute approximate surface area is 101 Å². The summed E-state index contributed by atoms with van der Waals surface area (Å²) in [5, 5.41) is 0. The van der Waals surface area contributed by atoms with Gasteiger partial charge in [0.2, 0.25) is 5.91 Å². The zero-order chi connectivity index (χ0) is 11.8. The molecule has 2 saturated carbocycles. The highest BCUT2D eigenvalue weighted by Gasteiger charge is 2.55. The Morgan fingerprint density at radius 2 is 2.18 bits per heavy atom. The van der Waals surface area contributed by atoms with Gasteiger partial charge in [-0.05, 0) is 24.7 Å². The number of rotatable bonds is 3. The van der Waals surface area contributed by atoms with Crippen LogP contribution in [0.5, 0.6) is 0 Å². The van der Waals surface area contributed by atoms with Gasteiger partial charge in [-0.2, -0.15) is 0 Å². The number of H-pyrrole nitrogens is 1. The highest BCUT2D eigenvalue weighted by molar-refractivity contribution is 5.82. The lowest BCUT2D eigenvalue weighted by molar-refractivity contribution is -0.132. The summed E-state index contributed by atoms with van der Waals surface area (Å²) in [6, 6.07) is 0. The molecule has 2 unspecified atom stereocenters. The summed E-state index contributed by atoms with van der Waals surface area (Å²) in [5.74, 6) is 2.88. The first-order chi connectivity index (χ1) is 8.27. The molecule has 1 amide bonds. The van der Waals surface area contributed by atoms with Crippen molar-refractivity contribution in [2.45, 2.75) is 32.2 Å². The van der Waals surface area contributed by atoms with Gasteiger partial charge in [-0.1, -0.05) is 12.8 Å². The first-order valence-electron chi connectivity index (χ1n) is 6.50. The molecule has 0 radical (unpaired) electrons. The van der Waals surface area contributed by atoms with Crippen LogP contribution >= 0.6 is 0 Å². The molecular weight excluding hydrogens is 214 g/mol. The molecule has 2 aliphatic carbocycles. The van der Waals surface area contributed by atoms with Crippen molar-refractivity contribution in [1.29, 1.82) is 0 Å². The lowest BCUT2D eigenvalue weighted by Gasteiger charge is -2.15. The second-order valence-corrected chi connectivity index (χ2v) is 5.37. The van der Waals surface area contributed by atoms with E-state index in [1.807, 2.05) is 11.9 Å². The Morgan fingerprint density at radius 1 is 1.47 bits per heavy atom. The van der Waals surface area contributed by atoms with Gasteiger partial charge in [0, 0.05) is 25.4 Å². The molecule has 4 heteroatoms. The van der Waals surface area contributed by atoms with Crippen molar-refractivity contribution in [2.24, 2.45) is 17.8 Å². The zero-order valence-electron chi connectivity index (χ0n) is 10.2. The average molecular weight is 233 g/mol. The summed E-state index contributed by atoms with van der Waals surface area (Å²) < 4.78 is 0. The maximum Gasteiger partial charge on any atom is 0.226 e. The third-order valence-corrected chi connectivity index (χ3v) is 4.26. The molecule has 0 saturated heterocycles. The van der Waals surface area contributed by atoms with E-state index in [-0.39, 0.29) is 0 Å². The third-order valence-electron chi connectivity index (χ3n) is 4.26. The van der Waals surface area contributed by atoms with Crippen LogP contribution < -0.4 is 0 Å². The van der Waals surface area contributed by atoms with Crippen LogP contribution in [0.15, 0.2) is 12.4 Å². The molecule has 0 spiro atoms. The van der Waals surface area contributed by atoms with Crippen LogP contribution in [-0.4, -0.2) is 27.8 Å². The second-order valence-electron chi connectivity index (χ2n) is 5.37. The van der Waals surface area contributed by atoms with E-state index in [1.54, 1.807) is 12.4 Å². The zero-order valence-corrected chi connectivity index (χ0v) is 10.2. The maximum atomic E-state index is 12.3. The molecular formula is C13H19N3O. The van der Waals surface area contributed by atoms with E-state index >= 15 is 0 Å². The molecule has 92 valence electrons. The van der Waals surface area contributed by atoms with Crippen LogP contribution in [0.25, 0.3) is 0 Å². The minimum Gasteiger partial charge on any atom is -0.347 e. The smallest absolute Gasteiger partial charge is 0.226 e. The molecule has 0 aliphatic heterocycles. The lowest BCUT2D eigenvalue weighted by Crippen LogP contribution is -2.29. The Morgan fingerprint density at radius 3 is 2.76 bits per heavy atom. The molecule has 0 aromatic carbocycles. The Kier molecular flexibility index (Phi) is 2.65. The van der Waals surface area contributed by atoms with E-state index in [2.05, 4.69) is 9.97 Å². The van der Waals surface area contributed by atoms with Gasteiger partial charge in [-0.25, -0.2) is 4.98 Å². The van der Waals surface area contributed by atoms with Crippen molar-refractivity contribution in [1.82, 2.24) is 14.9 Å². The van der Waals surface area contributed by atoms with Gasteiger partial charge in [-0.15, -0.1) is 0 Å². The number of hydrogen-bond donors (Lipinski definition) is 1. The topological polar surface area (TPSA) is 49.0 Å². The molecule has 4 nitrogen and oxygen atoms in total. The first kappa shape index (κ1) is 10.8. The second kappa shape index (κ2) is 4.17. The van der Waals surface area contributed by atoms with E-state index in [9.17, 15) is 4.79 Å². The van der Waals surface area contributed by atoms with Gasteiger partial charge >= 0.3 is 0 Å². The minimum atomic E-state index is 0.317. The fourth-order valence-corrected chi connectivity index (χ4v) is 3.30. The summed E-state index contributed by atoms with van der Waals surface area (Å²) >= 11 is 0. The van der Waals surface area contributed by atoms with E-state index in [4.69, 9.17) is 0 Å². The SMILES string of the molecule is CN(Cc1ncc[nH]1)C(=O)C1C2CCCCC21. The highest BCUT2D eigenvalue weighted by atomic mass is 16.2. The average Bonchev–Trinajstić information content (AvgIpc) is 2.85. The van der Waals surface area contributed by atoms with Gasteiger partial charge < -0.3 is 9.88 Å². The number of amides is 1. The summed E-state index contributed by atoms with van der Waals surface area (Å²) in [6.07, 6.45) is 8.67. The van der Waals surface area contributed by atoms with Crippen LogP contribution in [0.3, 0.4) is 0 Å². The predicted molar refractivity (Wildman–Crippen MR) is 64.0 cm³/mol. The quantitative estimate of drug-likeness (QED) is 0.865. The number of nitrogens with zero attached hydrogens (tertiary/aromatic N) is 2. The number of carbonyl (C=O) groups excluding carboxylic acids is 1. The van der Waals surface area contributed by atoms with E-state index in [0.29, 0.717) is 30.2 Å². The van der Waals surface area contributed by atoms with Crippen LogP contribution in [0, 0.1) is 17.8 Å². The van der Waals surface area contributed by atoms with Crippen molar-refractivity contribution < 1.29 is 4.79 Å². The number of hydrogen-bond acceptors (Lipinski definition) is 2. The van der Waals surface area contributed by atoms with Crippen molar-refractivity contribution in [3.8, 4) is 0 Å². The number of aromatic amines is 1. The van der Waals surface area contributed by atoms with Crippen LogP contribution in [-0.2, 0) is 11.3 Å². The fourth-order valence-electron chi connectivity index (χ4n) is 3.30. The van der Waals surface area contributed by atoms with Gasteiger partial charge in [0.05, 0.1) is 6.54 Å². The molecule has 2 atom stereocenters. The highest BCUT2D eigenvalue weighted by Crippen LogP contribution is 2.55. The lowest BCUT2D eigenvalue weighted by atomic mass is 10.0. The summed E-state index contributed by atoms with van der Waals surface area (Å²) in [4.78, 5) is 21.3. The normalized spacial score (nSPS) is 30.8. The molecule has 1 aromatic rings. The number of imidazole rings is 1. The molecule has 1 heterocycles. The Hall–Kier alpha value is -1.32. The van der Waals surface area contributed by atoms with Crippen molar-refractivity contribution >= 4 is 5.91 Å². The van der Waals surface area contributed by atoms with E-state index in [0.717, 1.165) is 5.82 Å². The van der Waals surface area contributed by atoms with Gasteiger partial charge in [0.1, 0.15) is 5.82 Å². The van der Waals surface area contributed by atoms with Crippen LogP contribution in [0.4, 0.5) is 0 Å². The van der Waals surface area contributed by atoms with Gasteiger partial charge in [0.15, 0.2) is 0 Å². The summed E-state index contributed by atoms with van der Waals surface area (Å²) in [6.45, 7) is 0.599. The number of aromatic nitrogens is 2. The van der Waals surface area contributed by atoms with E-state index in [1.165, 1.54) is 25.7 Å². The molecule has 3 rings (SSSR count). The van der Waals surface area contributed by atoms with Crippen molar-refractivity contribution in [3.05, 3.63) is 18.2 Å². The molecule has 2 aliphatic rings. The summed E-state index contributed by atoms with van der Waals surface area (Å²) in [5.41, 5.74) is 0. The van der Waals surface area contributed by atoms with Gasteiger partial charge in [-0.3, -0.25) is 4.79 Å². The Bertz CT molecular complexity index is 389. The maximum absolute atomic E-state index is 12.3. The van der Waals surface area contributed by atoms with Crippen molar-refractivity contribution in [2.75, 3.05) is 7.05 Å². The molecule has 17 heavy (non-hydrogen) atoms. The molecule has 2 fully saturated rings.